The van der Waals surface area contributed by atoms with Crippen LogP contribution >= 0.6 is 11.8 Å². The van der Waals surface area contributed by atoms with E-state index in [1.165, 1.54) is 4.90 Å². The van der Waals surface area contributed by atoms with Crippen molar-refractivity contribution in [1.29, 1.82) is 0 Å². The number of carbonyl (C=O) groups is 2. The molecule has 1 unspecified atom stereocenters. The Bertz CT molecular complexity index is 500. The quantitative estimate of drug-likeness (QED) is 0.760. The summed E-state index contributed by atoms with van der Waals surface area (Å²) in [7, 11) is 0. The van der Waals surface area contributed by atoms with E-state index >= 15 is 0 Å². The van der Waals surface area contributed by atoms with Crippen molar-refractivity contribution in [1.82, 2.24) is 5.32 Å². The topological polar surface area (TPSA) is 66.4 Å². The van der Waals surface area contributed by atoms with Gasteiger partial charge in [-0.2, -0.15) is 0 Å². The molecule has 2 N–H and O–H groups in total. The number of carboxylic acid groups (broad SMARTS) is 1. The van der Waals surface area contributed by atoms with Crippen molar-refractivity contribution in [2.24, 2.45) is 5.41 Å². The molecular formula is C16H21NO3S. The summed E-state index contributed by atoms with van der Waals surface area (Å²) in [6.07, 6.45) is 2.24. The number of carboxylic acids is 1. The van der Waals surface area contributed by atoms with E-state index in [1.807, 2.05) is 37.3 Å². The number of nitrogens with one attached hydrogen (secondary N) is 1. The van der Waals surface area contributed by atoms with Crippen molar-refractivity contribution < 1.29 is 14.7 Å². The van der Waals surface area contributed by atoms with E-state index in [4.69, 9.17) is 0 Å². The molecule has 5 heteroatoms. The van der Waals surface area contributed by atoms with Gasteiger partial charge in [-0.3, -0.25) is 9.59 Å². The van der Waals surface area contributed by atoms with Gasteiger partial charge in [-0.05, 0) is 25.0 Å². The molecule has 1 amide bonds. The predicted octanol–water partition coefficient (Wildman–Crippen LogP) is 2.93. The van der Waals surface area contributed by atoms with Gasteiger partial charge < -0.3 is 10.4 Å². The Morgan fingerprint density at radius 3 is 2.52 bits per heavy atom. The molecule has 0 spiro atoms. The lowest BCUT2D eigenvalue weighted by Gasteiger charge is -2.37. The van der Waals surface area contributed by atoms with Gasteiger partial charge in [0, 0.05) is 23.1 Å². The summed E-state index contributed by atoms with van der Waals surface area (Å²) in [5.41, 5.74) is -0.806. The van der Waals surface area contributed by atoms with Crippen molar-refractivity contribution in [3.05, 3.63) is 30.3 Å². The molecule has 1 aliphatic carbocycles. The van der Waals surface area contributed by atoms with Gasteiger partial charge in [0.1, 0.15) is 0 Å². The molecule has 0 heterocycles. The summed E-state index contributed by atoms with van der Waals surface area (Å²) in [5.74, 6) is -0.992. The van der Waals surface area contributed by atoms with Crippen LogP contribution in [0.1, 0.15) is 32.6 Å². The first-order valence-corrected chi connectivity index (χ1v) is 8.12. The molecule has 1 saturated carbocycles. The van der Waals surface area contributed by atoms with E-state index in [1.54, 1.807) is 11.8 Å². The second-order valence-corrected chi connectivity index (χ2v) is 7.17. The van der Waals surface area contributed by atoms with Crippen LogP contribution in [0.4, 0.5) is 0 Å². The van der Waals surface area contributed by atoms with Gasteiger partial charge in [0.2, 0.25) is 5.91 Å². The fourth-order valence-electron chi connectivity index (χ4n) is 2.47. The van der Waals surface area contributed by atoms with E-state index in [-0.39, 0.29) is 17.6 Å². The van der Waals surface area contributed by atoms with Gasteiger partial charge in [0.05, 0.1) is 5.41 Å². The standard InChI is InChI=1S/C16H21NO3S/c1-12(21-13-6-3-2-4-7-13)11-17-14(18)10-16(15(19)20)8-5-9-16/h2-4,6-7,12H,5,8-11H2,1H3,(H,17,18)(H,19,20). The summed E-state index contributed by atoms with van der Waals surface area (Å²) in [6.45, 7) is 2.60. The first-order chi connectivity index (χ1) is 10.0. The first kappa shape index (κ1) is 15.9. The van der Waals surface area contributed by atoms with E-state index < -0.39 is 11.4 Å². The Morgan fingerprint density at radius 2 is 2.00 bits per heavy atom. The minimum absolute atomic E-state index is 0.102. The van der Waals surface area contributed by atoms with Crippen LogP contribution in [0.2, 0.25) is 0 Å². The zero-order chi connectivity index (χ0) is 15.3. The maximum absolute atomic E-state index is 11.9. The molecule has 0 aliphatic heterocycles. The number of amides is 1. The summed E-state index contributed by atoms with van der Waals surface area (Å²) in [6, 6.07) is 10.0. The number of aliphatic carboxylic acids is 1. The predicted molar refractivity (Wildman–Crippen MR) is 83.3 cm³/mol. The Hall–Kier alpha value is -1.49. The molecular weight excluding hydrogens is 286 g/mol. The molecule has 0 aromatic heterocycles. The third kappa shape index (κ3) is 4.24. The van der Waals surface area contributed by atoms with Gasteiger partial charge in [-0.25, -0.2) is 0 Å². The molecule has 1 atom stereocenters. The fraction of sp³-hybridized carbons (Fsp3) is 0.500. The van der Waals surface area contributed by atoms with Gasteiger partial charge >= 0.3 is 5.97 Å². The van der Waals surface area contributed by atoms with Crippen LogP contribution in [-0.2, 0) is 9.59 Å². The van der Waals surface area contributed by atoms with Crippen molar-refractivity contribution in [2.45, 2.75) is 42.8 Å². The largest absolute Gasteiger partial charge is 0.481 e. The van der Waals surface area contributed by atoms with Crippen LogP contribution in [0, 0.1) is 5.41 Å². The van der Waals surface area contributed by atoms with Crippen LogP contribution in [0.5, 0.6) is 0 Å². The SMILES string of the molecule is CC(CNC(=O)CC1(C(=O)O)CCC1)Sc1ccccc1. The Balaban J connectivity index is 1.75. The van der Waals surface area contributed by atoms with Gasteiger partial charge in [0.25, 0.3) is 0 Å². The third-order valence-electron chi connectivity index (χ3n) is 3.93. The molecule has 2 rings (SSSR count). The highest BCUT2D eigenvalue weighted by Crippen LogP contribution is 2.44. The molecule has 0 radical (unpaired) electrons. The Morgan fingerprint density at radius 1 is 1.33 bits per heavy atom. The average Bonchev–Trinajstić information content (AvgIpc) is 2.41. The highest BCUT2D eigenvalue weighted by Gasteiger charge is 2.45. The van der Waals surface area contributed by atoms with E-state index in [0.29, 0.717) is 19.4 Å². The lowest BCUT2D eigenvalue weighted by Crippen LogP contribution is -2.43. The smallest absolute Gasteiger partial charge is 0.310 e. The second-order valence-electron chi connectivity index (χ2n) is 5.66. The maximum atomic E-state index is 11.9. The van der Waals surface area contributed by atoms with Crippen LogP contribution < -0.4 is 5.32 Å². The summed E-state index contributed by atoms with van der Waals surface area (Å²) >= 11 is 1.70. The normalized spacial score (nSPS) is 17.6. The van der Waals surface area contributed by atoms with Crippen LogP contribution in [0.3, 0.4) is 0 Å². The fourth-order valence-corrected chi connectivity index (χ4v) is 3.42. The average molecular weight is 307 g/mol. The Labute approximate surface area is 129 Å². The van der Waals surface area contributed by atoms with E-state index in [9.17, 15) is 14.7 Å². The summed E-state index contributed by atoms with van der Waals surface area (Å²) < 4.78 is 0. The lowest BCUT2D eigenvalue weighted by atomic mass is 9.66. The number of rotatable bonds is 7. The second kappa shape index (κ2) is 6.98. The van der Waals surface area contributed by atoms with Crippen molar-refractivity contribution >= 4 is 23.6 Å². The molecule has 114 valence electrons. The first-order valence-electron chi connectivity index (χ1n) is 7.24. The van der Waals surface area contributed by atoms with E-state index in [0.717, 1.165) is 6.42 Å². The van der Waals surface area contributed by atoms with Crippen molar-refractivity contribution in [2.75, 3.05) is 6.54 Å². The van der Waals surface area contributed by atoms with Crippen molar-refractivity contribution in [3.8, 4) is 0 Å². The van der Waals surface area contributed by atoms with Gasteiger partial charge in [0.15, 0.2) is 0 Å². The third-order valence-corrected chi connectivity index (χ3v) is 5.04. The van der Waals surface area contributed by atoms with Gasteiger partial charge in [-0.15, -0.1) is 11.8 Å². The number of hydrogen-bond acceptors (Lipinski definition) is 3. The molecule has 4 nitrogen and oxygen atoms in total. The molecule has 0 saturated heterocycles. The molecule has 21 heavy (non-hydrogen) atoms. The van der Waals surface area contributed by atoms with Crippen LogP contribution in [-0.4, -0.2) is 28.8 Å². The molecule has 1 aromatic rings. The monoisotopic (exact) mass is 307 g/mol. The summed E-state index contributed by atoms with van der Waals surface area (Å²) in [4.78, 5) is 24.3. The number of benzene rings is 1. The Kier molecular flexibility index (Phi) is 5.28. The summed E-state index contributed by atoms with van der Waals surface area (Å²) in [5, 5.41) is 12.3. The van der Waals surface area contributed by atoms with Crippen LogP contribution in [0.15, 0.2) is 35.2 Å². The molecule has 1 aromatic carbocycles. The van der Waals surface area contributed by atoms with Gasteiger partial charge in [-0.1, -0.05) is 31.5 Å². The number of hydrogen-bond donors (Lipinski definition) is 2. The van der Waals surface area contributed by atoms with Crippen molar-refractivity contribution in [3.63, 3.8) is 0 Å². The zero-order valence-electron chi connectivity index (χ0n) is 12.2. The van der Waals surface area contributed by atoms with Crippen LogP contribution in [0.25, 0.3) is 0 Å². The maximum Gasteiger partial charge on any atom is 0.310 e. The van der Waals surface area contributed by atoms with E-state index in [2.05, 4.69) is 5.32 Å². The molecule has 0 bridgehead atoms. The minimum atomic E-state index is -0.837. The zero-order valence-corrected chi connectivity index (χ0v) is 13.0. The highest BCUT2D eigenvalue weighted by molar-refractivity contribution is 8.00. The highest BCUT2D eigenvalue weighted by atomic mass is 32.2. The number of thioether (sulfide) groups is 1. The lowest BCUT2D eigenvalue weighted by molar-refractivity contribution is -0.157. The molecule has 1 fully saturated rings. The number of carbonyl (C=O) groups excluding carboxylic acids is 1. The molecule has 1 aliphatic rings. The minimum Gasteiger partial charge on any atom is -0.481 e.